The van der Waals surface area contributed by atoms with E-state index in [0.29, 0.717) is 48.8 Å². The first-order valence-electron chi connectivity index (χ1n) is 13.5. The van der Waals surface area contributed by atoms with Crippen molar-refractivity contribution in [3.63, 3.8) is 0 Å². The summed E-state index contributed by atoms with van der Waals surface area (Å²) in [6.45, 7) is 3.33. The van der Waals surface area contributed by atoms with Crippen LogP contribution >= 0.6 is 0 Å². The number of nitrogens with one attached hydrogen (secondary N) is 2. The van der Waals surface area contributed by atoms with Gasteiger partial charge in [-0.2, -0.15) is 0 Å². The van der Waals surface area contributed by atoms with Gasteiger partial charge in [0.2, 0.25) is 17.7 Å². The molecule has 12 nitrogen and oxygen atoms in total. The Bertz CT molecular complexity index is 1270. The van der Waals surface area contributed by atoms with Crippen LogP contribution in [0.25, 0.3) is 0 Å². The minimum Gasteiger partial charge on any atom is -0.442 e. The van der Waals surface area contributed by atoms with Crippen LogP contribution in [-0.2, 0) is 19.1 Å². The van der Waals surface area contributed by atoms with Gasteiger partial charge in [-0.25, -0.2) is 9.18 Å². The molecule has 2 aliphatic rings. The lowest BCUT2D eigenvalue weighted by atomic mass is 10.0. The molecular weight excluding hydrogens is 535 g/mol. The van der Waals surface area contributed by atoms with E-state index in [1.165, 1.54) is 17.9 Å². The number of benzene rings is 2. The minimum atomic E-state index is -0.833. The number of aliphatic hydroxyl groups is 1. The van der Waals surface area contributed by atoms with Crippen LogP contribution in [0.4, 0.5) is 26.2 Å². The summed E-state index contributed by atoms with van der Waals surface area (Å²) in [4.78, 5) is 52.4. The molecule has 2 fully saturated rings. The van der Waals surface area contributed by atoms with Crippen LogP contribution in [0.1, 0.15) is 31.4 Å². The average molecular weight is 571 g/mol. The Hall–Kier alpha value is -4.23. The summed E-state index contributed by atoms with van der Waals surface area (Å²) >= 11 is 0. The second-order valence-corrected chi connectivity index (χ2v) is 9.99. The Balaban J connectivity index is 1.24. The third kappa shape index (κ3) is 7.70. The Labute approximate surface area is 237 Å². The molecule has 0 aromatic heterocycles. The average Bonchev–Trinajstić information content (AvgIpc) is 3.35. The van der Waals surface area contributed by atoms with Gasteiger partial charge in [-0.05, 0) is 42.3 Å². The van der Waals surface area contributed by atoms with Gasteiger partial charge in [-0.15, -0.1) is 0 Å². The van der Waals surface area contributed by atoms with Gasteiger partial charge in [-0.1, -0.05) is 12.1 Å². The second kappa shape index (κ2) is 13.4. The van der Waals surface area contributed by atoms with Gasteiger partial charge >= 0.3 is 6.09 Å². The lowest BCUT2D eigenvalue weighted by molar-refractivity contribution is -0.132. The Morgan fingerprint density at radius 2 is 1.83 bits per heavy atom. The van der Waals surface area contributed by atoms with Gasteiger partial charge in [0.15, 0.2) is 0 Å². The van der Waals surface area contributed by atoms with E-state index >= 15 is 4.39 Å². The first-order chi connectivity index (χ1) is 19.6. The molecule has 220 valence electrons. The van der Waals surface area contributed by atoms with Crippen molar-refractivity contribution in [2.24, 2.45) is 5.73 Å². The smallest absolute Gasteiger partial charge is 0.414 e. The highest BCUT2D eigenvalue weighted by atomic mass is 19.1. The molecule has 0 saturated carbocycles. The Morgan fingerprint density at radius 3 is 2.46 bits per heavy atom. The number of nitrogens with zero attached hydrogens (tertiary/aromatic N) is 3. The first kappa shape index (κ1) is 29.7. The molecule has 2 heterocycles. The number of rotatable bonds is 10. The zero-order valence-electron chi connectivity index (χ0n) is 22.8. The van der Waals surface area contributed by atoms with Crippen molar-refractivity contribution in [2.75, 3.05) is 60.9 Å². The lowest BCUT2D eigenvalue weighted by Gasteiger charge is -2.36. The molecule has 2 aromatic carbocycles. The predicted molar refractivity (Wildman–Crippen MR) is 150 cm³/mol. The maximum absolute atomic E-state index is 15.1. The van der Waals surface area contributed by atoms with E-state index in [-0.39, 0.29) is 50.2 Å². The van der Waals surface area contributed by atoms with E-state index < -0.39 is 24.1 Å². The number of cyclic esters (lactones) is 1. The number of nitrogens with two attached hydrogens (primary N) is 1. The molecule has 2 saturated heterocycles. The molecule has 4 rings (SSSR count). The summed E-state index contributed by atoms with van der Waals surface area (Å²) in [5.74, 6) is -1.12. The second-order valence-electron chi connectivity index (χ2n) is 9.99. The summed E-state index contributed by atoms with van der Waals surface area (Å²) in [6, 6.07) is 11.3. The number of amides is 4. The lowest BCUT2D eigenvalue weighted by Crippen LogP contribution is -2.49. The zero-order chi connectivity index (χ0) is 29.5. The summed E-state index contributed by atoms with van der Waals surface area (Å²) < 4.78 is 20.3. The van der Waals surface area contributed by atoms with Crippen LogP contribution in [-0.4, -0.2) is 85.7 Å². The number of halogens is 1. The Morgan fingerprint density at radius 1 is 1.12 bits per heavy atom. The van der Waals surface area contributed by atoms with Crippen molar-refractivity contribution in [2.45, 2.75) is 32.0 Å². The number of anilines is 3. The van der Waals surface area contributed by atoms with Crippen LogP contribution < -0.4 is 26.2 Å². The van der Waals surface area contributed by atoms with Gasteiger partial charge in [-0.3, -0.25) is 19.3 Å². The predicted octanol–water partition coefficient (Wildman–Crippen LogP) is 1.35. The van der Waals surface area contributed by atoms with Crippen LogP contribution in [0.5, 0.6) is 0 Å². The molecule has 13 heteroatoms. The molecule has 1 unspecified atom stereocenters. The van der Waals surface area contributed by atoms with Crippen molar-refractivity contribution >= 4 is 40.9 Å². The molecule has 0 aliphatic carbocycles. The topological polar surface area (TPSA) is 158 Å². The van der Waals surface area contributed by atoms with E-state index in [9.17, 15) is 24.3 Å². The highest BCUT2D eigenvalue weighted by Crippen LogP contribution is 2.29. The number of carbonyl (C=O) groups is 4. The number of hydrogen-bond donors (Lipinski definition) is 4. The fourth-order valence-electron chi connectivity index (χ4n) is 4.80. The number of piperazine rings is 1. The minimum absolute atomic E-state index is 0.0901. The van der Waals surface area contributed by atoms with Gasteiger partial charge in [0, 0.05) is 45.2 Å². The van der Waals surface area contributed by atoms with E-state index in [4.69, 9.17) is 10.5 Å². The quantitative estimate of drug-likeness (QED) is 0.333. The van der Waals surface area contributed by atoms with Crippen molar-refractivity contribution < 1.29 is 33.4 Å². The van der Waals surface area contributed by atoms with Crippen molar-refractivity contribution in [1.29, 1.82) is 0 Å². The third-order valence-corrected chi connectivity index (χ3v) is 7.07. The van der Waals surface area contributed by atoms with Crippen molar-refractivity contribution in [1.82, 2.24) is 10.2 Å². The van der Waals surface area contributed by atoms with E-state index in [0.717, 1.165) is 0 Å². The molecule has 4 amide bonds. The summed E-state index contributed by atoms with van der Waals surface area (Å²) in [6.07, 6.45) is -1.55. The monoisotopic (exact) mass is 570 g/mol. The molecule has 5 N–H and O–H groups in total. The molecule has 0 bridgehead atoms. The molecule has 0 radical (unpaired) electrons. The maximum atomic E-state index is 15.1. The highest BCUT2D eigenvalue weighted by Gasteiger charge is 2.33. The molecular formula is C28H35FN6O6. The van der Waals surface area contributed by atoms with Crippen LogP contribution in [0.2, 0.25) is 0 Å². The van der Waals surface area contributed by atoms with Gasteiger partial charge in [0.25, 0.3) is 0 Å². The van der Waals surface area contributed by atoms with E-state index in [1.54, 1.807) is 41.3 Å². The van der Waals surface area contributed by atoms with E-state index in [1.807, 2.05) is 4.90 Å². The maximum Gasteiger partial charge on any atom is 0.414 e. The van der Waals surface area contributed by atoms with Crippen molar-refractivity contribution in [3.05, 3.63) is 53.8 Å². The largest absolute Gasteiger partial charge is 0.442 e. The number of aliphatic hydroxyl groups excluding tert-OH is 1. The van der Waals surface area contributed by atoms with Gasteiger partial charge < -0.3 is 36.0 Å². The first-order valence-corrected chi connectivity index (χ1v) is 13.5. The summed E-state index contributed by atoms with van der Waals surface area (Å²) in [7, 11) is 0. The molecule has 2 atom stereocenters. The highest BCUT2D eigenvalue weighted by molar-refractivity contribution is 5.92. The van der Waals surface area contributed by atoms with Crippen molar-refractivity contribution in [3.8, 4) is 0 Å². The van der Waals surface area contributed by atoms with Crippen LogP contribution in [0.15, 0.2) is 42.5 Å². The van der Waals surface area contributed by atoms with Crippen LogP contribution in [0.3, 0.4) is 0 Å². The summed E-state index contributed by atoms with van der Waals surface area (Å²) in [5.41, 5.74) is 7.24. The van der Waals surface area contributed by atoms with Gasteiger partial charge in [0.1, 0.15) is 11.9 Å². The molecule has 0 spiro atoms. The zero-order valence-corrected chi connectivity index (χ0v) is 22.8. The third-order valence-electron chi connectivity index (χ3n) is 7.07. The fraction of sp³-hybridized carbons (Fsp3) is 0.429. The standard InChI is InChI=1S/C28H35FN6O6/c1-18(36)31-16-22-17-35(28(40)41-22)21-6-7-24(23(29)14-21)33-10-12-34(13-11-33)27(39)9-8-25(37)19-2-4-20(5-3-19)32-26(38)15-30/h2-7,14,22,25,37H,8-13,15-17,30H2,1H3,(H,31,36)(H,32,38)/t22-,25?/m0/s1. The van der Waals surface area contributed by atoms with E-state index in [2.05, 4.69) is 10.6 Å². The molecule has 2 aliphatic heterocycles. The molecule has 2 aromatic rings. The number of ether oxygens (including phenoxy) is 1. The molecule has 41 heavy (non-hydrogen) atoms. The Kier molecular flexibility index (Phi) is 9.73. The number of carbonyl (C=O) groups excluding carboxylic acids is 4. The normalized spacial score (nSPS) is 17.7. The van der Waals surface area contributed by atoms with Crippen LogP contribution in [0, 0.1) is 5.82 Å². The van der Waals surface area contributed by atoms with Gasteiger partial charge in [0.05, 0.1) is 37.1 Å². The SMILES string of the molecule is CC(=O)NC[C@H]1CN(c2ccc(N3CCN(C(=O)CCC(O)c4ccc(NC(=O)CN)cc4)CC3)c(F)c2)C(=O)O1. The number of hydrogen-bond acceptors (Lipinski definition) is 8. The summed E-state index contributed by atoms with van der Waals surface area (Å²) in [5, 5.41) is 15.7. The fourth-order valence-corrected chi connectivity index (χ4v) is 4.80.